The van der Waals surface area contributed by atoms with Crippen molar-refractivity contribution in [3.8, 4) is 0 Å². The van der Waals surface area contributed by atoms with E-state index >= 15 is 0 Å². The summed E-state index contributed by atoms with van der Waals surface area (Å²) in [5.41, 5.74) is 13.7. The number of hydrogen-bond donors (Lipinski definition) is 13. The first-order valence-corrected chi connectivity index (χ1v) is 42.7. The van der Waals surface area contributed by atoms with Gasteiger partial charge in [0, 0.05) is 33.3 Å². The molecule has 3 rings (SSSR count). The molecule has 0 radical (unpaired) electrons. The minimum Gasteiger partial charge on any atom is -0.465 e. The van der Waals surface area contributed by atoms with Crippen LogP contribution in [0.2, 0.25) is 0 Å². The average Bonchev–Trinajstić information content (AvgIpc) is 0.958. The molecule has 96 heavy (non-hydrogen) atoms. The van der Waals surface area contributed by atoms with Crippen LogP contribution in [0.5, 0.6) is 0 Å². The second kappa shape index (κ2) is 56.4. The number of aliphatic hydroxyl groups is 3. The number of carbonyl (C=O) groups excluding carboxylic acids is 6. The molecule has 0 saturated heterocycles. The minimum absolute atomic E-state index is 0.206. The van der Waals surface area contributed by atoms with E-state index in [0.29, 0.717) is 45.3 Å². The molecule has 0 aliphatic rings. The Labute approximate surface area is 574 Å². The summed E-state index contributed by atoms with van der Waals surface area (Å²) in [5.74, 6) is -6.01. The number of aliphatic hydroxyl groups excluding tert-OH is 3. The van der Waals surface area contributed by atoms with Crippen LogP contribution in [0.1, 0.15) is 96.8 Å². The Bertz CT molecular complexity index is 2660. The highest BCUT2D eigenvalue weighted by Crippen LogP contribution is 2.52. The zero-order chi connectivity index (χ0) is 74.6. The molecule has 554 valence electrons. The van der Waals surface area contributed by atoms with Crippen LogP contribution in [0.3, 0.4) is 0 Å². The summed E-state index contributed by atoms with van der Waals surface area (Å²) in [4.78, 5) is 101. The molecule has 37 heteroatoms. The van der Waals surface area contributed by atoms with Gasteiger partial charge in [0.05, 0.1) is 59.5 Å². The van der Waals surface area contributed by atoms with Crippen LogP contribution >= 0.6 is 58.4 Å². The molecule has 3 aromatic rings. The Hall–Kier alpha value is -4.31. The number of halogens is 2. The molecular formula is C59H105Cl2N6O24P5. The van der Waals surface area contributed by atoms with Crippen molar-refractivity contribution in [1.82, 2.24) is 20.3 Å². The molecule has 0 bridgehead atoms. The summed E-state index contributed by atoms with van der Waals surface area (Å²) in [5, 5.41) is 37.8. The van der Waals surface area contributed by atoms with E-state index in [4.69, 9.17) is 87.1 Å². The lowest BCUT2D eigenvalue weighted by Gasteiger charge is -2.26. The van der Waals surface area contributed by atoms with Gasteiger partial charge in [-0.25, -0.2) is 20.3 Å². The quantitative estimate of drug-likeness (QED) is 0.0131. The topological polar surface area (TPSA) is 485 Å². The van der Waals surface area contributed by atoms with E-state index in [0.717, 1.165) is 55.7 Å². The summed E-state index contributed by atoms with van der Waals surface area (Å²) >= 11 is 9.70. The summed E-state index contributed by atoms with van der Waals surface area (Å²) < 4.78 is 84.2. The third-order valence-electron chi connectivity index (χ3n) is 10.9. The standard InChI is InChI=1S/C23H31N2O5P.C15H31N2O7P.C11H15NO2.C7H15NO3.CH3Cl2OP.2CH5O3P/c1-4-29-22(26)20(16-18-12-8-6-9-13-18)24-31(3,28)25-21(23(27)30-5-2)17-19-14-10-7-11-15-19;1-4-6-8-23-14(20)12(10-18)16-25(3,22)17-13(11-19)15(21)24-9-7-5-2;1-2-14-11(13)10(12)8-9-6-4-3-5-7-9;1-2-3-4-11-7(10)6(8)5-9;3*1-5(2,3)4/h6-15,20-21H,4-5,16-17H2,1-3H3,(H2,24,25,28);12-13,18-19H,4-11H2,1-3H3,(H2,16,17,22);3-7,10H,2,8,12H2,1H3;6,9H,2-5,8H2,1H3;1H3;2*1H3,(H2,2,3,4). The Balaban J connectivity index is -0.000000575. The first-order valence-electron chi connectivity index (χ1n) is 30.3. The predicted octanol–water partition coefficient (Wildman–Crippen LogP) is 6.38. The molecule has 0 fully saturated rings. The minimum atomic E-state index is -3.64. The Morgan fingerprint density at radius 3 is 0.875 bits per heavy atom. The van der Waals surface area contributed by atoms with Crippen molar-refractivity contribution in [2.24, 2.45) is 11.5 Å². The van der Waals surface area contributed by atoms with Crippen molar-refractivity contribution >= 4 is 94.2 Å². The first kappa shape index (κ1) is 98.1. The Kier molecular flexibility index (Phi) is 57.7. The molecule has 30 nitrogen and oxygen atoms in total. The summed E-state index contributed by atoms with van der Waals surface area (Å²) in [6.07, 6.45) is 6.01. The second-order valence-corrected chi connectivity index (χ2v) is 34.5. The molecular weight excluding hydrogens is 1400 g/mol. The van der Waals surface area contributed by atoms with Crippen LogP contribution in [0, 0.1) is 0 Å². The highest BCUT2D eigenvalue weighted by molar-refractivity contribution is 8.08. The lowest BCUT2D eigenvalue weighted by atomic mass is 10.1. The molecule has 3 aromatic carbocycles. The third kappa shape index (κ3) is 63.2. The normalized spacial score (nSPS) is 14.0. The Morgan fingerprint density at radius 2 is 0.625 bits per heavy atom. The number of hydrogen-bond acceptors (Lipinski definition) is 22. The summed E-state index contributed by atoms with van der Waals surface area (Å²) in [6, 6.07) is 23.0. The highest BCUT2D eigenvalue weighted by Gasteiger charge is 2.34. The fourth-order valence-corrected chi connectivity index (χ4v) is 9.98. The molecule has 0 heterocycles. The number of unbranched alkanes of at least 4 members (excludes halogenated alkanes) is 3. The lowest BCUT2D eigenvalue weighted by molar-refractivity contribution is -0.147. The molecule has 0 aliphatic heterocycles. The smallest absolute Gasteiger partial charge is 0.325 e. The molecule has 0 saturated carbocycles. The van der Waals surface area contributed by atoms with Gasteiger partial charge in [0.2, 0.25) is 20.7 Å². The number of carbonyl (C=O) groups is 6. The molecule has 6 atom stereocenters. The van der Waals surface area contributed by atoms with Gasteiger partial charge >= 0.3 is 51.0 Å². The lowest BCUT2D eigenvalue weighted by Crippen LogP contribution is -2.46. The van der Waals surface area contributed by atoms with Gasteiger partial charge in [-0.3, -0.25) is 51.6 Å². The Morgan fingerprint density at radius 1 is 0.396 bits per heavy atom. The number of ether oxygens (including phenoxy) is 6. The van der Waals surface area contributed by atoms with Crippen molar-refractivity contribution in [3.63, 3.8) is 0 Å². The van der Waals surface area contributed by atoms with Gasteiger partial charge in [-0.2, -0.15) is 0 Å². The van der Waals surface area contributed by atoms with Crippen molar-refractivity contribution in [3.05, 3.63) is 108 Å². The van der Waals surface area contributed by atoms with Gasteiger partial charge in [0.1, 0.15) is 36.3 Å². The van der Waals surface area contributed by atoms with E-state index in [-0.39, 0.29) is 39.0 Å². The summed E-state index contributed by atoms with van der Waals surface area (Å²) in [6.45, 7) is 16.8. The first-order chi connectivity index (χ1) is 44.6. The van der Waals surface area contributed by atoms with Crippen LogP contribution in [0.15, 0.2) is 91.0 Å². The largest absolute Gasteiger partial charge is 0.465 e. The number of nitrogens with two attached hydrogens (primary N) is 2. The van der Waals surface area contributed by atoms with Gasteiger partial charge < -0.3 is 74.8 Å². The zero-order valence-electron chi connectivity index (χ0n) is 56.6. The van der Waals surface area contributed by atoms with E-state index < -0.39 is 115 Å². The van der Waals surface area contributed by atoms with E-state index in [1.807, 2.05) is 112 Å². The maximum absolute atomic E-state index is 13.4. The van der Waals surface area contributed by atoms with Crippen LogP contribution in [0.25, 0.3) is 0 Å². The highest BCUT2D eigenvalue weighted by atomic mass is 35.9. The number of esters is 6. The monoisotopic (exact) mass is 1510 g/mol. The van der Waals surface area contributed by atoms with Crippen molar-refractivity contribution < 1.29 is 115 Å². The van der Waals surface area contributed by atoms with Crippen LogP contribution in [0.4, 0.5) is 0 Å². The van der Waals surface area contributed by atoms with Gasteiger partial charge in [-0.15, -0.1) is 0 Å². The SMILES string of the molecule is CCCCOC(=O)C(CO)NP(C)(=O)NC(CO)C(=O)OCCCC.CCCCOC(=O)C(N)CO.CCOC(=O)C(Cc1ccccc1)NP(C)(=O)NC(Cc1ccccc1)C(=O)OCC.CCOC(=O)C(N)Cc1ccccc1.CP(=O)(Cl)Cl.CP(=O)(O)O.CP(=O)(O)O. The molecule has 0 amide bonds. The fourth-order valence-electron chi connectivity index (χ4n) is 6.68. The molecule has 0 aromatic heterocycles. The summed E-state index contributed by atoms with van der Waals surface area (Å²) in [7, 11) is -14.1. The van der Waals surface area contributed by atoms with Crippen molar-refractivity contribution in [1.29, 1.82) is 0 Å². The van der Waals surface area contributed by atoms with E-state index in [1.54, 1.807) is 20.8 Å². The number of rotatable bonds is 35. The maximum Gasteiger partial charge on any atom is 0.325 e. The van der Waals surface area contributed by atoms with Crippen molar-refractivity contribution in [2.75, 3.05) is 92.8 Å². The third-order valence-corrected chi connectivity index (χ3v) is 14.1. The van der Waals surface area contributed by atoms with Crippen LogP contribution in [-0.4, -0.2) is 200 Å². The van der Waals surface area contributed by atoms with Crippen LogP contribution in [-0.2, 0) is 99.3 Å². The van der Waals surface area contributed by atoms with Gasteiger partial charge in [0.15, 0.2) is 0 Å². The second-order valence-electron chi connectivity index (χ2n) is 20.6. The van der Waals surface area contributed by atoms with E-state index in [9.17, 15) is 61.8 Å². The van der Waals surface area contributed by atoms with E-state index in [2.05, 4.69) is 20.3 Å². The number of benzene rings is 3. The molecule has 0 aliphatic carbocycles. The fraction of sp³-hybridized carbons (Fsp3) is 0.593. The maximum atomic E-state index is 13.4. The van der Waals surface area contributed by atoms with Gasteiger partial charge in [-0.05, 0) is 98.5 Å². The zero-order valence-corrected chi connectivity index (χ0v) is 62.6. The van der Waals surface area contributed by atoms with Gasteiger partial charge in [-0.1, -0.05) is 131 Å². The van der Waals surface area contributed by atoms with Crippen molar-refractivity contribution in [2.45, 2.75) is 136 Å². The van der Waals surface area contributed by atoms with Gasteiger partial charge in [0.25, 0.3) is 0 Å². The average molecular weight is 1510 g/mol. The molecule has 15 N–H and O–H groups in total. The van der Waals surface area contributed by atoms with Crippen LogP contribution < -0.4 is 31.8 Å². The number of nitrogens with one attached hydrogen (secondary N) is 4. The predicted molar refractivity (Wildman–Crippen MR) is 371 cm³/mol. The van der Waals surface area contributed by atoms with E-state index in [1.165, 1.54) is 20.0 Å². The molecule has 6 unspecified atom stereocenters. The molecule has 0 spiro atoms.